The number of carbonyl (C=O) groups is 1. The van der Waals surface area contributed by atoms with E-state index in [2.05, 4.69) is 0 Å². The lowest BCUT2D eigenvalue weighted by Gasteiger charge is -2.06. The molecule has 3 heteroatoms. The van der Waals surface area contributed by atoms with Crippen LogP contribution < -0.4 is 11.5 Å². The molecule has 3 aromatic carbocycles. The van der Waals surface area contributed by atoms with Gasteiger partial charge in [-0.3, -0.25) is 4.79 Å². The van der Waals surface area contributed by atoms with Gasteiger partial charge in [0.05, 0.1) is 11.4 Å². The van der Waals surface area contributed by atoms with E-state index in [9.17, 15) is 4.79 Å². The average molecular weight is 290 g/mol. The van der Waals surface area contributed by atoms with Crippen molar-refractivity contribution in [3.8, 4) is 0 Å². The summed E-state index contributed by atoms with van der Waals surface area (Å²) in [5, 5.41) is 0. The van der Waals surface area contributed by atoms with Gasteiger partial charge in [-0.2, -0.15) is 0 Å². The Morgan fingerprint density at radius 1 is 0.636 bits per heavy atom. The van der Waals surface area contributed by atoms with Gasteiger partial charge in [-0.1, -0.05) is 72.8 Å². The van der Waals surface area contributed by atoms with Gasteiger partial charge in [0.1, 0.15) is 0 Å². The lowest BCUT2D eigenvalue weighted by molar-refractivity contribution is 0.103. The van der Waals surface area contributed by atoms with Crippen molar-refractivity contribution in [2.45, 2.75) is 0 Å². The second-order valence-corrected chi connectivity index (χ2v) is 4.66. The third-order valence-corrected chi connectivity index (χ3v) is 3.09. The number of nitrogen functional groups attached to an aromatic ring is 2. The van der Waals surface area contributed by atoms with Crippen LogP contribution in [0.1, 0.15) is 15.9 Å². The monoisotopic (exact) mass is 290 g/mol. The third kappa shape index (κ3) is 3.96. The first-order valence-electron chi connectivity index (χ1n) is 6.94. The van der Waals surface area contributed by atoms with E-state index >= 15 is 0 Å². The molecule has 0 radical (unpaired) electrons. The number of benzene rings is 3. The number of hydrogen-bond donors (Lipinski definition) is 2. The predicted octanol–water partition coefficient (Wildman–Crippen LogP) is 3.77. The highest BCUT2D eigenvalue weighted by Crippen LogP contribution is 2.22. The summed E-state index contributed by atoms with van der Waals surface area (Å²) < 4.78 is 0. The maximum absolute atomic E-state index is 12.1. The van der Waals surface area contributed by atoms with Crippen molar-refractivity contribution in [3.05, 3.63) is 96.1 Å². The first-order valence-corrected chi connectivity index (χ1v) is 6.94. The van der Waals surface area contributed by atoms with Crippen LogP contribution in [-0.2, 0) is 0 Å². The van der Waals surface area contributed by atoms with Crippen LogP contribution >= 0.6 is 0 Å². The smallest absolute Gasteiger partial charge is 0.195 e. The van der Waals surface area contributed by atoms with Gasteiger partial charge in [-0.05, 0) is 12.1 Å². The predicted molar refractivity (Wildman–Crippen MR) is 91.6 cm³/mol. The molecule has 0 atom stereocenters. The first kappa shape index (κ1) is 15.3. The normalized spacial score (nSPS) is 9.45. The minimum absolute atomic E-state index is 0.106. The fourth-order valence-electron chi connectivity index (χ4n) is 1.91. The van der Waals surface area contributed by atoms with Gasteiger partial charge in [0.15, 0.2) is 5.78 Å². The van der Waals surface area contributed by atoms with E-state index in [1.807, 2.05) is 54.6 Å². The number of ketones is 1. The summed E-state index contributed by atoms with van der Waals surface area (Å²) >= 11 is 0. The molecular weight excluding hydrogens is 272 g/mol. The zero-order valence-corrected chi connectivity index (χ0v) is 12.1. The van der Waals surface area contributed by atoms with Gasteiger partial charge in [-0.25, -0.2) is 0 Å². The SMILES string of the molecule is Nc1cccc(C(=O)c2ccccc2)c1N.c1ccccc1. The van der Waals surface area contributed by atoms with Crippen molar-refractivity contribution in [2.75, 3.05) is 11.5 Å². The fourth-order valence-corrected chi connectivity index (χ4v) is 1.91. The molecule has 22 heavy (non-hydrogen) atoms. The summed E-state index contributed by atoms with van der Waals surface area (Å²) in [6, 6.07) is 26.1. The quantitative estimate of drug-likeness (QED) is 0.557. The van der Waals surface area contributed by atoms with E-state index in [1.54, 1.807) is 30.3 Å². The summed E-state index contributed by atoms with van der Waals surface area (Å²) in [5.41, 5.74) is 13.3. The molecule has 0 amide bonds. The standard InChI is InChI=1S/C13H12N2O.C6H6/c14-11-8-4-7-10(12(11)15)13(16)9-5-2-1-3-6-9;1-2-4-6-5-3-1/h1-8H,14-15H2;1-6H. The molecule has 0 unspecified atom stereocenters. The molecule has 4 N–H and O–H groups in total. The molecule has 0 aliphatic carbocycles. The highest BCUT2D eigenvalue weighted by atomic mass is 16.1. The Kier molecular flexibility index (Phi) is 5.32. The molecule has 0 saturated carbocycles. The fraction of sp³-hybridized carbons (Fsp3) is 0. The van der Waals surface area contributed by atoms with Gasteiger partial charge in [0.25, 0.3) is 0 Å². The number of para-hydroxylation sites is 1. The molecule has 0 fully saturated rings. The van der Waals surface area contributed by atoms with Crippen molar-refractivity contribution in [1.82, 2.24) is 0 Å². The molecule has 3 aromatic rings. The van der Waals surface area contributed by atoms with Crippen molar-refractivity contribution in [1.29, 1.82) is 0 Å². The minimum Gasteiger partial charge on any atom is -0.397 e. The maximum Gasteiger partial charge on any atom is 0.195 e. The van der Waals surface area contributed by atoms with Gasteiger partial charge in [-0.15, -0.1) is 0 Å². The Morgan fingerprint density at radius 2 is 1.14 bits per heavy atom. The summed E-state index contributed by atoms with van der Waals surface area (Å²) in [5.74, 6) is -0.106. The Morgan fingerprint density at radius 3 is 1.68 bits per heavy atom. The zero-order valence-electron chi connectivity index (χ0n) is 12.1. The molecular formula is C19H18N2O. The van der Waals surface area contributed by atoms with Crippen LogP contribution in [0.25, 0.3) is 0 Å². The van der Waals surface area contributed by atoms with E-state index in [0.717, 1.165) is 0 Å². The highest BCUT2D eigenvalue weighted by molar-refractivity contribution is 6.13. The molecule has 0 saturated heterocycles. The van der Waals surface area contributed by atoms with Crippen LogP contribution in [-0.4, -0.2) is 5.78 Å². The van der Waals surface area contributed by atoms with Gasteiger partial charge in [0.2, 0.25) is 0 Å². The Balaban J connectivity index is 0.000000246. The maximum atomic E-state index is 12.1. The van der Waals surface area contributed by atoms with Gasteiger partial charge in [0, 0.05) is 11.1 Å². The first-order chi connectivity index (χ1) is 10.7. The lowest BCUT2D eigenvalue weighted by atomic mass is 10.0. The molecule has 0 heterocycles. The van der Waals surface area contributed by atoms with Crippen LogP contribution in [0.4, 0.5) is 11.4 Å². The molecule has 110 valence electrons. The molecule has 0 bridgehead atoms. The topological polar surface area (TPSA) is 69.1 Å². The number of anilines is 2. The van der Waals surface area contributed by atoms with Crippen LogP contribution in [0.15, 0.2) is 84.9 Å². The van der Waals surface area contributed by atoms with E-state index < -0.39 is 0 Å². The summed E-state index contributed by atoms with van der Waals surface area (Å²) in [4.78, 5) is 12.1. The lowest BCUT2D eigenvalue weighted by Crippen LogP contribution is -2.07. The van der Waals surface area contributed by atoms with E-state index in [1.165, 1.54) is 0 Å². The van der Waals surface area contributed by atoms with Crippen LogP contribution in [0.3, 0.4) is 0 Å². The summed E-state index contributed by atoms with van der Waals surface area (Å²) in [6.45, 7) is 0. The Labute approximate surface area is 130 Å². The molecule has 3 nitrogen and oxygen atoms in total. The summed E-state index contributed by atoms with van der Waals surface area (Å²) in [7, 11) is 0. The number of rotatable bonds is 2. The van der Waals surface area contributed by atoms with Crippen molar-refractivity contribution < 1.29 is 4.79 Å². The second kappa shape index (κ2) is 7.64. The van der Waals surface area contributed by atoms with E-state index in [-0.39, 0.29) is 5.78 Å². The second-order valence-electron chi connectivity index (χ2n) is 4.66. The van der Waals surface area contributed by atoms with Gasteiger partial charge < -0.3 is 11.5 Å². The largest absolute Gasteiger partial charge is 0.397 e. The number of nitrogens with two attached hydrogens (primary N) is 2. The average Bonchev–Trinajstić information content (AvgIpc) is 2.60. The minimum atomic E-state index is -0.106. The number of carbonyl (C=O) groups excluding carboxylic acids is 1. The molecule has 0 aliphatic rings. The van der Waals surface area contributed by atoms with E-state index in [0.29, 0.717) is 22.5 Å². The highest BCUT2D eigenvalue weighted by Gasteiger charge is 2.12. The molecule has 0 aromatic heterocycles. The van der Waals surface area contributed by atoms with E-state index in [4.69, 9.17) is 11.5 Å². The Bertz CT molecular complexity index is 698. The molecule has 0 aliphatic heterocycles. The van der Waals surface area contributed by atoms with Crippen LogP contribution in [0.2, 0.25) is 0 Å². The third-order valence-electron chi connectivity index (χ3n) is 3.09. The van der Waals surface area contributed by atoms with Crippen molar-refractivity contribution in [3.63, 3.8) is 0 Å². The van der Waals surface area contributed by atoms with Crippen LogP contribution in [0.5, 0.6) is 0 Å². The molecule has 0 spiro atoms. The van der Waals surface area contributed by atoms with Crippen molar-refractivity contribution in [2.24, 2.45) is 0 Å². The molecule has 3 rings (SSSR count). The van der Waals surface area contributed by atoms with Crippen molar-refractivity contribution >= 4 is 17.2 Å². The summed E-state index contributed by atoms with van der Waals surface area (Å²) in [6.07, 6.45) is 0. The number of hydrogen-bond acceptors (Lipinski definition) is 3. The van der Waals surface area contributed by atoms with Gasteiger partial charge >= 0.3 is 0 Å². The Hall–Kier alpha value is -3.07. The zero-order chi connectivity index (χ0) is 15.8. The van der Waals surface area contributed by atoms with Crippen LogP contribution in [0, 0.1) is 0 Å².